The van der Waals surface area contributed by atoms with Gasteiger partial charge in [0, 0.05) is 36.4 Å². The Morgan fingerprint density at radius 1 is 0.252 bits per heavy atom. The molecule has 17 atom stereocenters. The molecule has 0 unspecified atom stereocenters. The van der Waals surface area contributed by atoms with Gasteiger partial charge in [0.05, 0.1) is 6.04 Å². The molecule has 0 aliphatic rings. The predicted octanol–water partition coefficient (Wildman–Crippen LogP) is -4.30. The highest BCUT2D eigenvalue weighted by molar-refractivity contribution is 6.01. The van der Waals surface area contributed by atoms with Gasteiger partial charge in [0.15, 0.2) is 0 Å². The molecule has 3 aromatic carbocycles. The van der Waals surface area contributed by atoms with E-state index in [2.05, 4.69) is 90.1 Å². The molecule has 0 aliphatic carbocycles. The first-order chi connectivity index (χ1) is 62.4. The lowest BCUT2D eigenvalue weighted by Crippen LogP contribution is -2.60. The summed E-state index contributed by atoms with van der Waals surface area (Å²) < 4.78 is 0. The Morgan fingerprint density at radius 2 is 0.473 bits per heavy atom. The van der Waals surface area contributed by atoms with Crippen molar-refractivity contribution >= 4 is 111 Å². The molecule has 0 saturated heterocycles. The summed E-state index contributed by atoms with van der Waals surface area (Å²) in [7, 11) is 0. The second-order valence-electron chi connectivity index (χ2n) is 33.0. The number of nitrogens with one attached hydrogen (secondary N) is 17. The van der Waals surface area contributed by atoms with Crippen LogP contribution in [0.5, 0.6) is 0 Å². The average molecular weight is 1840 g/mol. The molecule has 0 spiro atoms. The van der Waals surface area contributed by atoms with Gasteiger partial charge >= 0.3 is 0 Å². The van der Waals surface area contributed by atoms with E-state index in [9.17, 15) is 81.5 Å². The molecule has 33 N–H and O–H groups in total. The first-order valence-corrected chi connectivity index (χ1v) is 45.1. The Morgan fingerprint density at radius 3 is 0.763 bits per heavy atom. The molecule has 4 aromatic rings. The second-order valence-corrected chi connectivity index (χ2v) is 33.0. The highest BCUT2D eigenvalue weighted by atomic mass is 16.2. The van der Waals surface area contributed by atoms with Crippen LogP contribution < -0.4 is 131 Å². The summed E-state index contributed by atoms with van der Waals surface area (Å²) in [6, 6.07) is 2.49. The first kappa shape index (κ1) is 111. The van der Waals surface area contributed by atoms with Crippen molar-refractivity contribution in [3.05, 3.63) is 108 Å². The summed E-state index contributed by atoms with van der Waals surface area (Å²) in [5, 5.41) is 42.8. The number of H-pyrrole nitrogens is 1. The molecule has 42 heteroatoms. The monoisotopic (exact) mass is 1830 g/mol. The molecular formula is C89H143N25O17. The minimum Gasteiger partial charge on any atom is -0.368 e. The van der Waals surface area contributed by atoms with Gasteiger partial charge in [-0.15, -0.1) is 0 Å². The summed E-state index contributed by atoms with van der Waals surface area (Å²) in [6.45, 7) is 12.5. The van der Waals surface area contributed by atoms with E-state index >= 15 is 0 Å². The van der Waals surface area contributed by atoms with E-state index in [-0.39, 0.29) is 77.5 Å². The second kappa shape index (κ2) is 60.0. The van der Waals surface area contributed by atoms with Gasteiger partial charge in [0.1, 0.15) is 96.7 Å². The number of para-hydroxylation sites is 1. The Kier molecular flexibility index (Phi) is 50.9. The fraction of sp³-hybridized carbons (Fsp3) is 0.584. The smallest absolute Gasteiger partial charge is 0.243 e. The zero-order chi connectivity index (χ0) is 97.2. The fourth-order valence-electron chi connectivity index (χ4n) is 13.7. The van der Waals surface area contributed by atoms with Gasteiger partial charge in [0.25, 0.3) is 0 Å². The molecule has 0 radical (unpaired) electrons. The van der Waals surface area contributed by atoms with E-state index < -0.39 is 203 Å². The number of rotatable bonds is 63. The Balaban J connectivity index is 1.50. The molecule has 0 fully saturated rings. The number of unbranched alkanes of at least 4 members (excludes halogenated alkanes) is 6. The molecule has 0 bridgehead atoms. The number of nitrogens with two attached hydrogens (primary N) is 8. The highest BCUT2D eigenvalue weighted by Crippen LogP contribution is 2.21. The van der Waals surface area contributed by atoms with Gasteiger partial charge in [-0.3, -0.25) is 81.5 Å². The third-order valence-corrected chi connectivity index (χ3v) is 21.8. The SMILES string of the molecule is C[C@H](NC(=O)[C@H](C)NC(=O)[C@H](CCCCN)NC(=O)[C@H](Cc1ccccc1)NC(=O)[C@H](C)NC(=O)[C@H](CCCCN)NC(=O)[C@H](C)NC(=O)[C@H](Cc1c[nH]c2ccccc12)NC(=O)[C@H](C)NC(=O)[C@H](CCCCN)NC(=O)[C@H](C)NC(=O)[C@H](Cc1ccccc1)NC(=O)[C@H](C)NC(=O)[C@H](CCCCN)NC(=O)[C@H](C)NC(=O)[C@H](CCCCN)NC(=O)[C@@H](N)CCCCN)C(N)=O. The summed E-state index contributed by atoms with van der Waals surface area (Å²) in [4.78, 5) is 240. The van der Waals surface area contributed by atoms with Crippen LogP contribution in [-0.2, 0) is 101 Å². The maximum atomic E-state index is 14.7. The summed E-state index contributed by atoms with van der Waals surface area (Å²) in [5.74, 6) is -13.6. The molecule has 1 aromatic heterocycles. The molecule has 4 rings (SSSR count). The van der Waals surface area contributed by atoms with Crippen LogP contribution in [0.4, 0.5) is 0 Å². The van der Waals surface area contributed by atoms with Crippen LogP contribution in [0.3, 0.4) is 0 Å². The summed E-state index contributed by atoms with van der Waals surface area (Å²) in [5.41, 5.74) is 48.4. The zero-order valence-corrected chi connectivity index (χ0v) is 76.6. The number of hydrogen-bond donors (Lipinski definition) is 25. The van der Waals surface area contributed by atoms with Gasteiger partial charge < -0.3 is 136 Å². The first-order valence-electron chi connectivity index (χ1n) is 45.1. The third kappa shape index (κ3) is 40.4. The lowest BCUT2D eigenvalue weighted by molar-refractivity contribution is -0.136. The lowest BCUT2D eigenvalue weighted by atomic mass is 10.0. The van der Waals surface area contributed by atoms with Crippen LogP contribution in [0.25, 0.3) is 10.9 Å². The average Bonchev–Trinajstić information content (AvgIpc) is 1.69. The van der Waals surface area contributed by atoms with Crippen molar-refractivity contribution in [1.29, 1.82) is 0 Å². The van der Waals surface area contributed by atoms with E-state index in [4.69, 9.17) is 45.9 Å². The molecule has 1 heterocycles. The predicted molar refractivity (Wildman–Crippen MR) is 493 cm³/mol. The van der Waals surface area contributed by atoms with Crippen LogP contribution in [0, 0.1) is 0 Å². The Hall–Kier alpha value is -12.1. The minimum absolute atomic E-state index is 0.00367. The van der Waals surface area contributed by atoms with Crippen molar-refractivity contribution < 1.29 is 81.5 Å². The number of amides is 17. The molecule has 17 amide bonds. The number of primary amides is 1. The number of carbonyl (C=O) groups excluding carboxylic acids is 17. The lowest BCUT2D eigenvalue weighted by Gasteiger charge is -2.27. The van der Waals surface area contributed by atoms with Crippen molar-refractivity contribution in [2.75, 3.05) is 39.3 Å². The van der Waals surface area contributed by atoms with Crippen LogP contribution in [0.2, 0.25) is 0 Å². The van der Waals surface area contributed by atoms with Gasteiger partial charge in [0.2, 0.25) is 100 Å². The number of benzene rings is 3. The van der Waals surface area contributed by atoms with Gasteiger partial charge in [-0.1, -0.05) is 85.3 Å². The largest absolute Gasteiger partial charge is 0.368 e. The number of fused-ring (bicyclic) bond motifs is 1. The maximum absolute atomic E-state index is 14.7. The van der Waals surface area contributed by atoms with Crippen molar-refractivity contribution in [2.24, 2.45) is 45.9 Å². The molecule has 0 saturated carbocycles. The molecule has 726 valence electrons. The number of hydrogen-bond acceptors (Lipinski definition) is 24. The van der Waals surface area contributed by atoms with Crippen molar-refractivity contribution in [2.45, 2.75) is 293 Å². The standard InChI is InChI=1S/C89H143N25O17/c1-51(73(97)115)99-74(116)52(2)100-86(128)69(40-22-28-46-95)111-89(131)71(48-60-31-13-10-14-32-60)113-79(121)57(7)103-83(125)66(37-19-25-43-92)109-77(119)55(5)106-88(130)72(49-61-50-98-64-35-16-15-33-62(61)64)114-80(122)58(8)104-84(126)67(38-20-26-44-93)108-76(118)54(4)105-87(129)70(47-59-29-11-9-12-30-59)112-78(120)56(6)102-82(124)65(36-18-24-42-91)107-75(117)53(3)101-85(127)68(39-21-27-45-94)110-81(123)63(96)34-17-23-41-90/h9-16,29-33,35,50-58,63,65-72,98H,17-28,34,36-49,90-96H2,1-8H3,(H2,97,115)(H,99,116)(H,100,128)(H,101,127)(H,102,124)(H,103,125)(H,104,126)(H,105,129)(H,106,130)(H,107,117)(H,108,118)(H,109,119)(H,110,123)(H,111,131)(H,112,120)(H,113,121)(H,114,122)/t51-,52-,53-,54-,55-,56-,57-,58-,63-,65-,66-,67-,68-,69-,70-,71-,72-/m0/s1. The molecule has 131 heavy (non-hydrogen) atoms. The van der Waals surface area contributed by atoms with E-state index in [1.165, 1.54) is 55.4 Å². The maximum Gasteiger partial charge on any atom is 0.243 e. The van der Waals surface area contributed by atoms with Crippen LogP contribution >= 0.6 is 0 Å². The molecule has 42 nitrogen and oxygen atoms in total. The number of aromatic nitrogens is 1. The fourth-order valence-corrected chi connectivity index (χ4v) is 13.7. The number of carbonyl (C=O) groups is 17. The van der Waals surface area contributed by atoms with Crippen molar-refractivity contribution in [3.63, 3.8) is 0 Å². The topological polar surface area (TPSA) is 707 Å². The normalized spacial score (nSPS) is 15.1. The van der Waals surface area contributed by atoms with Gasteiger partial charge in [-0.05, 0) is 227 Å². The van der Waals surface area contributed by atoms with Gasteiger partial charge in [-0.25, -0.2) is 0 Å². The molecule has 0 aliphatic heterocycles. The quantitative estimate of drug-likeness (QED) is 0.0186. The molecular weight excluding hydrogens is 1690 g/mol. The van der Waals surface area contributed by atoms with Crippen LogP contribution in [0.1, 0.15) is 188 Å². The minimum atomic E-state index is -1.46. The Labute approximate surface area is 765 Å². The van der Waals surface area contributed by atoms with Gasteiger partial charge in [-0.2, -0.15) is 0 Å². The van der Waals surface area contributed by atoms with E-state index in [0.29, 0.717) is 124 Å². The highest BCUT2D eigenvalue weighted by Gasteiger charge is 2.37. The van der Waals surface area contributed by atoms with Crippen molar-refractivity contribution in [3.8, 4) is 0 Å². The van der Waals surface area contributed by atoms with Crippen LogP contribution in [-0.4, -0.2) is 247 Å². The van der Waals surface area contributed by atoms with Crippen LogP contribution in [0.15, 0.2) is 91.1 Å². The Bertz CT molecular complexity index is 4360. The summed E-state index contributed by atoms with van der Waals surface area (Å²) >= 11 is 0. The van der Waals surface area contributed by atoms with Crippen molar-refractivity contribution in [1.82, 2.24) is 90.1 Å². The van der Waals surface area contributed by atoms with E-state index in [0.717, 1.165) is 0 Å². The van der Waals surface area contributed by atoms with E-state index in [1.807, 2.05) is 0 Å². The van der Waals surface area contributed by atoms with E-state index in [1.54, 1.807) is 91.1 Å². The zero-order valence-electron chi connectivity index (χ0n) is 76.6. The summed E-state index contributed by atoms with van der Waals surface area (Å²) in [6.07, 6.45) is 7.23. The third-order valence-electron chi connectivity index (χ3n) is 21.8. The number of aromatic amines is 1.